The Morgan fingerprint density at radius 2 is 2.06 bits per heavy atom. The minimum Gasteiger partial charge on any atom is -0.480 e. The first kappa shape index (κ1) is 22.8. The number of methoxy groups -OCH3 is 1. The highest BCUT2D eigenvalue weighted by atomic mass is 35.5. The number of alkyl halides is 1. The number of aliphatic carboxylic acids is 1. The Balaban J connectivity index is 1.58. The monoisotopic (exact) mass is 466 g/mol. The summed E-state index contributed by atoms with van der Waals surface area (Å²) in [6.07, 6.45) is 2.74. The lowest BCUT2D eigenvalue weighted by atomic mass is 9.94. The summed E-state index contributed by atoms with van der Waals surface area (Å²) in [7, 11) is 1.66. The molecule has 1 aliphatic heterocycles. The van der Waals surface area contributed by atoms with Crippen LogP contribution in [0, 0.1) is 6.92 Å². The van der Waals surface area contributed by atoms with Crippen LogP contribution in [0.4, 0.5) is 0 Å². The van der Waals surface area contributed by atoms with Crippen LogP contribution in [0.15, 0.2) is 58.1 Å². The number of nitrogens with zero attached hydrogens (tertiary/aromatic N) is 3. The molecule has 0 bridgehead atoms. The van der Waals surface area contributed by atoms with E-state index in [9.17, 15) is 4.79 Å². The summed E-state index contributed by atoms with van der Waals surface area (Å²) in [5.74, 6) is -0.259. The number of benzene rings is 2. The molecule has 0 saturated heterocycles. The fraction of sp³-hybridized carbons (Fsp3) is 0.250. The van der Waals surface area contributed by atoms with Gasteiger partial charge in [-0.1, -0.05) is 41.6 Å². The van der Waals surface area contributed by atoms with Gasteiger partial charge in [0.2, 0.25) is 5.82 Å². The molecule has 0 radical (unpaired) electrons. The highest BCUT2D eigenvalue weighted by Gasteiger charge is 2.23. The van der Waals surface area contributed by atoms with E-state index in [1.54, 1.807) is 19.4 Å². The largest absolute Gasteiger partial charge is 0.480 e. The third-order valence-electron chi connectivity index (χ3n) is 5.25. The second-order valence-electron chi connectivity index (χ2n) is 7.61. The first-order valence-corrected chi connectivity index (χ1v) is 10.8. The topological polar surface area (TPSA) is 110 Å². The van der Waals surface area contributed by atoms with Gasteiger partial charge in [-0.15, -0.1) is 11.6 Å². The van der Waals surface area contributed by atoms with E-state index in [1.165, 1.54) is 5.56 Å². The number of allylic oxidation sites excluding steroid dienone is 1. The minimum atomic E-state index is -0.979. The predicted octanol–water partition coefficient (Wildman–Crippen LogP) is 3.93. The predicted molar refractivity (Wildman–Crippen MR) is 126 cm³/mol. The van der Waals surface area contributed by atoms with Gasteiger partial charge >= 0.3 is 5.97 Å². The molecule has 9 heteroatoms. The molecule has 4 rings (SSSR count). The molecule has 0 spiro atoms. The first-order chi connectivity index (χ1) is 16.0. The lowest BCUT2D eigenvalue weighted by Gasteiger charge is -2.20. The summed E-state index contributed by atoms with van der Waals surface area (Å²) in [6.45, 7) is 2.29. The summed E-state index contributed by atoms with van der Waals surface area (Å²) in [5.41, 5.74) is 5.80. The van der Waals surface area contributed by atoms with E-state index in [0.29, 0.717) is 23.9 Å². The smallest absolute Gasteiger partial charge is 0.317 e. The lowest BCUT2D eigenvalue weighted by molar-refractivity contribution is -0.136. The number of aromatic nitrogens is 2. The Morgan fingerprint density at radius 1 is 1.24 bits per heavy atom. The van der Waals surface area contributed by atoms with Crippen LogP contribution < -0.4 is 5.32 Å². The van der Waals surface area contributed by atoms with Crippen LogP contribution in [0.1, 0.15) is 17.0 Å². The van der Waals surface area contributed by atoms with Gasteiger partial charge in [-0.25, -0.2) is 0 Å². The molecule has 1 aliphatic rings. The molecule has 8 nitrogen and oxygen atoms in total. The van der Waals surface area contributed by atoms with E-state index in [1.807, 2.05) is 30.3 Å². The number of ether oxygens (including phenoxy) is 1. The zero-order chi connectivity index (χ0) is 23.4. The van der Waals surface area contributed by atoms with E-state index in [0.717, 1.165) is 22.3 Å². The molecule has 3 aromatic rings. The molecule has 2 heterocycles. The molecule has 170 valence electrons. The maximum atomic E-state index is 10.7. The Kier molecular flexibility index (Phi) is 6.98. The third-order valence-corrected chi connectivity index (χ3v) is 5.61. The van der Waals surface area contributed by atoms with E-state index < -0.39 is 17.5 Å². The maximum absolute atomic E-state index is 10.7. The van der Waals surface area contributed by atoms with Crippen LogP contribution in [-0.2, 0) is 16.1 Å². The van der Waals surface area contributed by atoms with E-state index in [2.05, 4.69) is 39.5 Å². The normalized spacial score (nSPS) is 17.7. The van der Waals surface area contributed by atoms with Crippen molar-refractivity contribution >= 4 is 29.4 Å². The number of carboxylic acid groups (broad SMARTS) is 1. The molecule has 0 saturated carbocycles. The summed E-state index contributed by atoms with van der Waals surface area (Å²) in [6, 6.07) is 14.2. The van der Waals surface area contributed by atoms with Crippen molar-refractivity contribution in [2.24, 2.45) is 4.99 Å². The van der Waals surface area contributed by atoms with Crippen LogP contribution in [0.2, 0.25) is 0 Å². The average Bonchev–Trinajstić information content (AvgIpc) is 3.29. The van der Waals surface area contributed by atoms with E-state index in [4.69, 9.17) is 26.0 Å². The van der Waals surface area contributed by atoms with Crippen molar-refractivity contribution in [2.75, 3.05) is 13.7 Å². The van der Waals surface area contributed by atoms with Gasteiger partial charge in [-0.2, -0.15) is 4.98 Å². The van der Waals surface area contributed by atoms with Crippen LogP contribution in [0.5, 0.6) is 0 Å². The fourth-order valence-electron chi connectivity index (χ4n) is 3.64. The molecular formula is C24H23ClN4O4. The lowest BCUT2D eigenvalue weighted by Crippen LogP contribution is -2.39. The van der Waals surface area contributed by atoms with Gasteiger partial charge in [0.15, 0.2) is 0 Å². The van der Waals surface area contributed by atoms with Crippen molar-refractivity contribution in [3.8, 4) is 22.6 Å². The van der Waals surface area contributed by atoms with Crippen molar-refractivity contribution in [2.45, 2.75) is 25.1 Å². The number of carbonyl (C=O) groups is 1. The highest BCUT2D eigenvalue weighted by molar-refractivity contribution is 6.25. The van der Waals surface area contributed by atoms with E-state index in [-0.39, 0.29) is 6.54 Å². The number of carboxylic acids is 1. The Bertz CT molecular complexity index is 1220. The van der Waals surface area contributed by atoms with Gasteiger partial charge < -0.3 is 14.4 Å². The van der Waals surface area contributed by atoms with Crippen molar-refractivity contribution < 1.29 is 19.2 Å². The van der Waals surface area contributed by atoms with Gasteiger partial charge in [-0.05, 0) is 41.3 Å². The van der Waals surface area contributed by atoms with Crippen molar-refractivity contribution in [1.82, 2.24) is 15.5 Å². The van der Waals surface area contributed by atoms with Gasteiger partial charge in [0.25, 0.3) is 5.89 Å². The second-order valence-corrected chi connectivity index (χ2v) is 8.11. The maximum Gasteiger partial charge on any atom is 0.317 e. The molecule has 1 aromatic heterocycles. The summed E-state index contributed by atoms with van der Waals surface area (Å²) < 4.78 is 10.9. The van der Waals surface area contributed by atoms with Crippen molar-refractivity contribution in [3.05, 3.63) is 65.5 Å². The van der Waals surface area contributed by atoms with Gasteiger partial charge in [-0.3, -0.25) is 15.1 Å². The highest BCUT2D eigenvalue weighted by Crippen LogP contribution is 2.31. The Morgan fingerprint density at radius 3 is 2.79 bits per heavy atom. The minimum absolute atomic E-state index is 0.233. The first-order valence-electron chi connectivity index (χ1n) is 10.3. The molecule has 0 amide bonds. The SMILES string of the molecule is COCc1cc(-c2nc(C3=CC(Cl)C(NCC(=O)O)N=C3)no2)ccc1-c1ccccc1C. The Hall–Kier alpha value is -3.33. The summed E-state index contributed by atoms with van der Waals surface area (Å²) >= 11 is 6.33. The number of hydrogen-bond donors (Lipinski definition) is 2. The zero-order valence-electron chi connectivity index (χ0n) is 18.2. The fourth-order valence-corrected chi connectivity index (χ4v) is 3.93. The second kappa shape index (κ2) is 10.1. The Labute approximate surface area is 196 Å². The number of nitrogens with one attached hydrogen (secondary N) is 1. The van der Waals surface area contributed by atoms with Gasteiger partial charge in [0.05, 0.1) is 18.5 Å². The summed E-state index contributed by atoms with van der Waals surface area (Å²) in [4.78, 5) is 19.5. The summed E-state index contributed by atoms with van der Waals surface area (Å²) in [5, 5.41) is 15.1. The molecule has 2 unspecified atom stereocenters. The average molecular weight is 467 g/mol. The molecule has 33 heavy (non-hydrogen) atoms. The van der Waals surface area contributed by atoms with Crippen LogP contribution in [0.3, 0.4) is 0 Å². The van der Waals surface area contributed by atoms with Crippen LogP contribution >= 0.6 is 11.6 Å². The quantitative estimate of drug-likeness (QED) is 0.484. The molecule has 0 aliphatic carbocycles. The third kappa shape index (κ3) is 5.19. The number of dihydropyridines is 1. The molecule has 2 N–H and O–H groups in total. The van der Waals surface area contributed by atoms with Crippen LogP contribution in [0.25, 0.3) is 28.2 Å². The number of rotatable bonds is 8. The van der Waals surface area contributed by atoms with Crippen molar-refractivity contribution in [3.63, 3.8) is 0 Å². The number of halogens is 1. The van der Waals surface area contributed by atoms with E-state index >= 15 is 0 Å². The standard InChI is InChI=1S/C24H23ClN4O4/c1-14-5-3-4-6-18(14)19-8-7-15(9-17(19)13-32-2)24-28-22(29-33-24)16-10-20(25)23(26-11-16)27-12-21(30)31/h3-11,20,23,27H,12-13H2,1-2H3,(H,30,31). The van der Waals surface area contributed by atoms with Crippen molar-refractivity contribution in [1.29, 1.82) is 0 Å². The number of hydrogen-bond acceptors (Lipinski definition) is 7. The molecule has 2 aromatic carbocycles. The number of aryl methyl sites for hydroxylation is 1. The molecular weight excluding hydrogens is 444 g/mol. The molecule has 2 atom stereocenters. The van der Waals surface area contributed by atoms with Gasteiger partial charge in [0, 0.05) is 24.5 Å². The zero-order valence-corrected chi connectivity index (χ0v) is 18.9. The van der Waals surface area contributed by atoms with Gasteiger partial charge in [0.1, 0.15) is 6.17 Å². The molecule has 0 fully saturated rings. The van der Waals surface area contributed by atoms with Crippen LogP contribution in [-0.4, -0.2) is 52.6 Å². The number of aliphatic imine (C=N–C) groups is 1.